The highest BCUT2D eigenvalue weighted by atomic mass is 79.9. The molecule has 2 rings (SSSR count). The van der Waals surface area contributed by atoms with E-state index in [9.17, 15) is 23.1 Å². The highest BCUT2D eigenvalue weighted by Gasteiger charge is 2.39. The Hall–Kier alpha value is -1.24. The van der Waals surface area contributed by atoms with Crippen LogP contribution in [0.2, 0.25) is 0 Å². The van der Waals surface area contributed by atoms with Gasteiger partial charge < -0.3 is 10.0 Å². The van der Waals surface area contributed by atoms with Crippen molar-refractivity contribution in [3.05, 3.63) is 28.2 Å². The van der Waals surface area contributed by atoms with Gasteiger partial charge in [0.25, 0.3) is 0 Å². The van der Waals surface area contributed by atoms with E-state index in [1.807, 2.05) is 6.92 Å². The number of piperidine rings is 1. The highest BCUT2D eigenvalue weighted by Crippen LogP contribution is 2.40. The molecule has 1 aromatic rings. The van der Waals surface area contributed by atoms with Gasteiger partial charge in [-0.3, -0.25) is 0 Å². The molecule has 1 aliphatic rings. The molecule has 7 heteroatoms. The summed E-state index contributed by atoms with van der Waals surface area (Å²) < 4.78 is 39.9. The number of halogens is 4. The third-order valence-corrected chi connectivity index (χ3v) is 4.22. The number of carbonyl (C=O) groups is 1. The Morgan fingerprint density at radius 1 is 1.43 bits per heavy atom. The molecule has 1 N–H and O–H groups in total. The van der Waals surface area contributed by atoms with Crippen LogP contribution in [0.25, 0.3) is 0 Å². The minimum Gasteiger partial charge on any atom is -0.480 e. The lowest BCUT2D eigenvalue weighted by atomic mass is 9.91. The maximum absolute atomic E-state index is 13.2. The topological polar surface area (TPSA) is 40.5 Å². The fourth-order valence-electron chi connectivity index (χ4n) is 2.65. The molecule has 0 radical (unpaired) electrons. The normalized spacial score (nSPS) is 23.2. The van der Waals surface area contributed by atoms with Gasteiger partial charge in [0, 0.05) is 11.0 Å². The van der Waals surface area contributed by atoms with Crippen LogP contribution in [0.5, 0.6) is 0 Å². The number of hydrogen-bond acceptors (Lipinski definition) is 2. The first kappa shape index (κ1) is 16.1. The average Bonchev–Trinajstić information content (AvgIpc) is 2.36. The molecule has 2 unspecified atom stereocenters. The SMILES string of the molecule is CC1CCN(c2cc(Br)ccc2C(F)(F)F)C(C(=O)O)C1. The zero-order valence-corrected chi connectivity index (χ0v) is 12.9. The van der Waals surface area contributed by atoms with Crippen LogP contribution >= 0.6 is 15.9 Å². The van der Waals surface area contributed by atoms with Crippen LogP contribution in [0, 0.1) is 5.92 Å². The van der Waals surface area contributed by atoms with Crippen LogP contribution in [-0.2, 0) is 11.0 Å². The third-order valence-electron chi connectivity index (χ3n) is 3.72. The smallest absolute Gasteiger partial charge is 0.418 e. The van der Waals surface area contributed by atoms with Gasteiger partial charge in [0.1, 0.15) is 6.04 Å². The van der Waals surface area contributed by atoms with Gasteiger partial charge in [0.2, 0.25) is 0 Å². The number of carboxylic acid groups (broad SMARTS) is 1. The molecule has 1 fully saturated rings. The monoisotopic (exact) mass is 365 g/mol. The molecule has 1 aliphatic heterocycles. The maximum Gasteiger partial charge on any atom is 0.418 e. The van der Waals surface area contributed by atoms with Crippen molar-refractivity contribution < 1.29 is 23.1 Å². The summed E-state index contributed by atoms with van der Waals surface area (Å²) in [6.07, 6.45) is -3.49. The van der Waals surface area contributed by atoms with E-state index in [0.29, 0.717) is 23.9 Å². The molecule has 2 atom stereocenters. The fourth-order valence-corrected chi connectivity index (χ4v) is 3.00. The summed E-state index contributed by atoms with van der Waals surface area (Å²) in [5.41, 5.74) is -0.873. The predicted octanol–water partition coefficient (Wildman–Crippen LogP) is 4.16. The van der Waals surface area contributed by atoms with Crippen molar-refractivity contribution in [2.45, 2.75) is 32.0 Å². The number of nitrogens with zero attached hydrogens (tertiary/aromatic N) is 1. The van der Waals surface area contributed by atoms with Crippen molar-refractivity contribution >= 4 is 27.6 Å². The quantitative estimate of drug-likeness (QED) is 0.855. The van der Waals surface area contributed by atoms with E-state index in [2.05, 4.69) is 15.9 Å². The fraction of sp³-hybridized carbons (Fsp3) is 0.500. The van der Waals surface area contributed by atoms with E-state index in [1.54, 1.807) is 0 Å². The van der Waals surface area contributed by atoms with Gasteiger partial charge in [-0.1, -0.05) is 22.9 Å². The lowest BCUT2D eigenvalue weighted by molar-refractivity contribution is -0.141. The van der Waals surface area contributed by atoms with Crippen molar-refractivity contribution in [3.63, 3.8) is 0 Å². The molecule has 1 saturated heterocycles. The lowest BCUT2D eigenvalue weighted by Gasteiger charge is -2.38. The number of rotatable bonds is 2. The number of anilines is 1. The Kier molecular flexibility index (Phi) is 4.51. The number of alkyl halides is 3. The summed E-state index contributed by atoms with van der Waals surface area (Å²) in [4.78, 5) is 12.8. The van der Waals surface area contributed by atoms with Crippen LogP contribution in [0.3, 0.4) is 0 Å². The van der Waals surface area contributed by atoms with E-state index >= 15 is 0 Å². The molecular formula is C14H15BrF3NO2. The third kappa shape index (κ3) is 3.51. The van der Waals surface area contributed by atoms with Gasteiger partial charge in [-0.15, -0.1) is 0 Å². The predicted molar refractivity (Wildman–Crippen MR) is 76.3 cm³/mol. The molecule has 21 heavy (non-hydrogen) atoms. The van der Waals surface area contributed by atoms with Gasteiger partial charge >= 0.3 is 12.1 Å². The Labute approximate surface area is 128 Å². The van der Waals surface area contributed by atoms with Crippen LogP contribution < -0.4 is 4.90 Å². The van der Waals surface area contributed by atoms with Crippen molar-refractivity contribution in [1.82, 2.24) is 0 Å². The lowest BCUT2D eigenvalue weighted by Crippen LogP contribution is -2.47. The van der Waals surface area contributed by atoms with E-state index in [4.69, 9.17) is 0 Å². The second-order valence-electron chi connectivity index (χ2n) is 5.34. The van der Waals surface area contributed by atoms with Gasteiger partial charge in [-0.05, 0) is 37.0 Å². The average molecular weight is 366 g/mol. The van der Waals surface area contributed by atoms with Crippen molar-refractivity contribution in [2.75, 3.05) is 11.4 Å². The van der Waals surface area contributed by atoms with E-state index in [1.165, 1.54) is 17.0 Å². The first-order valence-electron chi connectivity index (χ1n) is 6.56. The second-order valence-corrected chi connectivity index (χ2v) is 6.25. The van der Waals surface area contributed by atoms with Gasteiger partial charge in [0.05, 0.1) is 11.3 Å². The summed E-state index contributed by atoms with van der Waals surface area (Å²) in [5.74, 6) is -0.904. The Morgan fingerprint density at radius 2 is 2.10 bits per heavy atom. The Balaban J connectivity index is 2.48. The van der Waals surface area contributed by atoms with E-state index < -0.39 is 23.8 Å². The number of aliphatic carboxylic acids is 1. The molecule has 1 aromatic carbocycles. The largest absolute Gasteiger partial charge is 0.480 e. The summed E-state index contributed by atoms with van der Waals surface area (Å²) >= 11 is 3.16. The minimum absolute atomic E-state index is 0.0730. The van der Waals surface area contributed by atoms with Crippen LogP contribution in [-0.4, -0.2) is 23.7 Å². The molecule has 0 aliphatic carbocycles. The minimum atomic E-state index is -4.51. The first-order chi connectivity index (χ1) is 9.70. The Bertz CT molecular complexity index is 548. The number of carboxylic acids is 1. The molecule has 0 saturated carbocycles. The number of hydrogen-bond donors (Lipinski definition) is 1. The molecule has 116 valence electrons. The molecule has 0 amide bonds. The standard InChI is InChI=1S/C14H15BrF3NO2/c1-8-4-5-19(12(6-8)13(20)21)11-7-9(15)2-3-10(11)14(16,17)18/h2-3,7-8,12H,4-6H2,1H3,(H,20,21). The molecule has 0 spiro atoms. The van der Waals surface area contributed by atoms with Gasteiger partial charge in [0.15, 0.2) is 0 Å². The summed E-state index contributed by atoms with van der Waals surface area (Å²) in [7, 11) is 0. The summed E-state index contributed by atoms with van der Waals surface area (Å²) in [5, 5.41) is 9.32. The zero-order chi connectivity index (χ0) is 15.8. The first-order valence-corrected chi connectivity index (χ1v) is 7.35. The maximum atomic E-state index is 13.2. The number of benzene rings is 1. The van der Waals surface area contributed by atoms with Crippen molar-refractivity contribution in [1.29, 1.82) is 0 Å². The molecular weight excluding hydrogens is 351 g/mol. The zero-order valence-electron chi connectivity index (χ0n) is 11.3. The van der Waals surface area contributed by atoms with Crippen LogP contribution in [0.1, 0.15) is 25.3 Å². The Morgan fingerprint density at radius 3 is 2.67 bits per heavy atom. The second kappa shape index (κ2) is 5.87. The molecule has 0 aromatic heterocycles. The molecule has 1 heterocycles. The van der Waals surface area contributed by atoms with Gasteiger partial charge in [-0.2, -0.15) is 13.2 Å². The molecule has 3 nitrogen and oxygen atoms in total. The van der Waals surface area contributed by atoms with E-state index in [0.717, 1.165) is 6.07 Å². The van der Waals surface area contributed by atoms with E-state index in [-0.39, 0.29) is 11.6 Å². The van der Waals surface area contributed by atoms with Gasteiger partial charge in [-0.25, -0.2) is 4.79 Å². The van der Waals surface area contributed by atoms with Crippen molar-refractivity contribution in [3.8, 4) is 0 Å². The van der Waals surface area contributed by atoms with Crippen LogP contribution in [0.15, 0.2) is 22.7 Å². The van der Waals surface area contributed by atoms with Crippen LogP contribution in [0.4, 0.5) is 18.9 Å². The summed E-state index contributed by atoms with van der Waals surface area (Å²) in [6.45, 7) is 2.22. The molecule has 0 bridgehead atoms. The van der Waals surface area contributed by atoms with Crippen molar-refractivity contribution in [2.24, 2.45) is 5.92 Å². The summed E-state index contributed by atoms with van der Waals surface area (Å²) in [6, 6.07) is 2.71. The highest BCUT2D eigenvalue weighted by molar-refractivity contribution is 9.10.